The number of methoxy groups -OCH3 is 1. The molecular formula is C12H22ClNO. The lowest BCUT2D eigenvalue weighted by atomic mass is 9.93. The van der Waals surface area contributed by atoms with Gasteiger partial charge in [0.25, 0.3) is 0 Å². The first-order valence-electron chi connectivity index (χ1n) is 6.20. The number of ether oxygens (including phenoxy) is 1. The van der Waals surface area contributed by atoms with Crippen LogP contribution in [0.1, 0.15) is 38.5 Å². The van der Waals surface area contributed by atoms with Crippen molar-refractivity contribution in [3.63, 3.8) is 0 Å². The maximum absolute atomic E-state index is 6.27. The van der Waals surface area contributed by atoms with Gasteiger partial charge in [-0.25, -0.2) is 0 Å². The van der Waals surface area contributed by atoms with E-state index in [1.54, 1.807) is 0 Å². The van der Waals surface area contributed by atoms with Gasteiger partial charge in [0.15, 0.2) is 0 Å². The topological polar surface area (TPSA) is 21.3 Å². The van der Waals surface area contributed by atoms with Gasteiger partial charge < -0.3 is 10.1 Å². The third-order valence-electron chi connectivity index (χ3n) is 3.69. The molecule has 0 aromatic heterocycles. The zero-order chi connectivity index (χ0) is 10.7. The SMILES string of the molecule is COC1CCCC(NCC(Cl)C2CC2)C1. The number of hydrogen-bond acceptors (Lipinski definition) is 2. The van der Waals surface area contributed by atoms with Gasteiger partial charge in [-0.15, -0.1) is 11.6 Å². The van der Waals surface area contributed by atoms with Crippen LogP contribution in [0.15, 0.2) is 0 Å². The lowest BCUT2D eigenvalue weighted by Crippen LogP contribution is -2.39. The van der Waals surface area contributed by atoms with Crippen LogP contribution in [-0.4, -0.2) is 31.2 Å². The van der Waals surface area contributed by atoms with E-state index >= 15 is 0 Å². The molecular weight excluding hydrogens is 210 g/mol. The Kier molecular flexibility index (Phi) is 4.30. The standard InChI is InChI=1S/C12H22ClNO/c1-15-11-4-2-3-10(7-11)14-8-12(13)9-5-6-9/h9-12,14H,2-8H2,1H3. The van der Waals surface area contributed by atoms with Crippen molar-refractivity contribution in [1.82, 2.24) is 5.32 Å². The second kappa shape index (κ2) is 5.51. The third kappa shape index (κ3) is 3.61. The van der Waals surface area contributed by atoms with E-state index in [9.17, 15) is 0 Å². The number of halogens is 1. The van der Waals surface area contributed by atoms with Crippen molar-refractivity contribution in [2.24, 2.45) is 5.92 Å². The maximum Gasteiger partial charge on any atom is 0.0586 e. The van der Waals surface area contributed by atoms with Gasteiger partial charge in [-0.3, -0.25) is 0 Å². The summed E-state index contributed by atoms with van der Waals surface area (Å²) in [6.45, 7) is 0.979. The minimum Gasteiger partial charge on any atom is -0.381 e. The highest BCUT2D eigenvalue weighted by Gasteiger charge is 2.30. The molecule has 0 saturated heterocycles. The molecule has 0 aromatic carbocycles. The summed E-state index contributed by atoms with van der Waals surface area (Å²) in [7, 11) is 1.82. The Labute approximate surface area is 97.7 Å². The highest BCUT2D eigenvalue weighted by molar-refractivity contribution is 6.21. The van der Waals surface area contributed by atoms with Gasteiger partial charge in [0.05, 0.1) is 6.10 Å². The van der Waals surface area contributed by atoms with Crippen molar-refractivity contribution in [1.29, 1.82) is 0 Å². The molecule has 0 heterocycles. The fraction of sp³-hybridized carbons (Fsp3) is 1.00. The minimum atomic E-state index is 0.355. The molecule has 3 unspecified atom stereocenters. The summed E-state index contributed by atoms with van der Waals surface area (Å²) in [5.41, 5.74) is 0. The monoisotopic (exact) mass is 231 g/mol. The quantitative estimate of drug-likeness (QED) is 0.735. The van der Waals surface area contributed by atoms with Crippen molar-refractivity contribution in [3.8, 4) is 0 Å². The van der Waals surface area contributed by atoms with Crippen LogP contribution >= 0.6 is 11.6 Å². The van der Waals surface area contributed by atoms with Crippen LogP contribution in [0.4, 0.5) is 0 Å². The van der Waals surface area contributed by atoms with Crippen LogP contribution in [0.25, 0.3) is 0 Å². The third-order valence-corrected chi connectivity index (χ3v) is 4.21. The molecule has 2 rings (SSSR count). The van der Waals surface area contributed by atoms with E-state index in [0.29, 0.717) is 17.5 Å². The van der Waals surface area contributed by atoms with Crippen LogP contribution in [0.2, 0.25) is 0 Å². The molecule has 2 aliphatic carbocycles. The van der Waals surface area contributed by atoms with Crippen LogP contribution in [0, 0.1) is 5.92 Å². The molecule has 15 heavy (non-hydrogen) atoms. The van der Waals surface area contributed by atoms with Crippen molar-refractivity contribution in [2.75, 3.05) is 13.7 Å². The highest BCUT2D eigenvalue weighted by Crippen LogP contribution is 2.35. The molecule has 0 aliphatic heterocycles. The van der Waals surface area contributed by atoms with Crippen LogP contribution in [0.3, 0.4) is 0 Å². The van der Waals surface area contributed by atoms with Gasteiger partial charge >= 0.3 is 0 Å². The summed E-state index contributed by atoms with van der Waals surface area (Å²) in [4.78, 5) is 0. The Morgan fingerprint density at radius 1 is 1.33 bits per heavy atom. The average molecular weight is 232 g/mol. The largest absolute Gasteiger partial charge is 0.381 e. The van der Waals surface area contributed by atoms with Crippen molar-refractivity contribution in [3.05, 3.63) is 0 Å². The summed E-state index contributed by atoms with van der Waals surface area (Å²) in [6.07, 6.45) is 8.08. The van der Waals surface area contributed by atoms with Gasteiger partial charge in [-0.1, -0.05) is 0 Å². The van der Waals surface area contributed by atoms with Gasteiger partial charge in [0.1, 0.15) is 0 Å². The Morgan fingerprint density at radius 3 is 2.80 bits per heavy atom. The van der Waals surface area contributed by atoms with E-state index in [4.69, 9.17) is 16.3 Å². The van der Waals surface area contributed by atoms with Crippen LogP contribution in [0.5, 0.6) is 0 Å². The fourth-order valence-corrected chi connectivity index (χ4v) is 2.79. The number of rotatable bonds is 5. The lowest BCUT2D eigenvalue weighted by molar-refractivity contribution is 0.0589. The molecule has 0 amide bonds. The zero-order valence-electron chi connectivity index (χ0n) is 9.55. The number of alkyl halides is 1. The van der Waals surface area contributed by atoms with Gasteiger partial charge in [-0.05, 0) is 44.4 Å². The smallest absolute Gasteiger partial charge is 0.0586 e. The van der Waals surface area contributed by atoms with Crippen molar-refractivity contribution < 1.29 is 4.74 Å². The molecule has 1 N–H and O–H groups in total. The Bertz CT molecular complexity index is 196. The van der Waals surface area contributed by atoms with E-state index in [1.165, 1.54) is 32.1 Å². The molecule has 2 nitrogen and oxygen atoms in total. The molecule has 2 saturated carbocycles. The summed E-state index contributed by atoms with van der Waals surface area (Å²) >= 11 is 6.27. The summed E-state index contributed by atoms with van der Waals surface area (Å²) in [6, 6.07) is 0.628. The van der Waals surface area contributed by atoms with E-state index < -0.39 is 0 Å². The van der Waals surface area contributed by atoms with Gasteiger partial charge in [-0.2, -0.15) is 0 Å². The molecule has 3 heteroatoms. The van der Waals surface area contributed by atoms with Crippen molar-refractivity contribution >= 4 is 11.6 Å². The average Bonchev–Trinajstić information content (AvgIpc) is 3.10. The van der Waals surface area contributed by atoms with Crippen molar-refractivity contribution in [2.45, 2.75) is 56.0 Å². The summed E-state index contributed by atoms with van der Waals surface area (Å²) in [5, 5.41) is 3.95. The first-order valence-corrected chi connectivity index (χ1v) is 6.63. The first kappa shape index (κ1) is 11.7. The first-order chi connectivity index (χ1) is 7.29. The lowest BCUT2D eigenvalue weighted by Gasteiger charge is -2.29. The molecule has 88 valence electrons. The summed E-state index contributed by atoms with van der Waals surface area (Å²) in [5.74, 6) is 0.793. The molecule has 2 fully saturated rings. The molecule has 0 bridgehead atoms. The molecule has 0 spiro atoms. The highest BCUT2D eigenvalue weighted by atomic mass is 35.5. The van der Waals surface area contributed by atoms with Gasteiger partial charge in [0, 0.05) is 25.1 Å². The van der Waals surface area contributed by atoms with E-state index in [2.05, 4.69) is 5.32 Å². The van der Waals surface area contributed by atoms with E-state index in [0.717, 1.165) is 18.9 Å². The second-order valence-electron chi connectivity index (χ2n) is 4.98. The summed E-state index contributed by atoms with van der Waals surface area (Å²) < 4.78 is 5.41. The predicted molar refractivity (Wildman–Crippen MR) is 63.4 cm³/mol. The van der Waals surface area contributed by atoms with Gasteiger partial charge in [0.2, 0.25) is 0 Å². The number of nitrogens with one attached hydrogen (secondary N) is 1. The Hall–Kier alpha value is 0.210. The maximum atomic E-state index is 6.27. The van der Waals surface area contributed by atoms with Crippen LogP contribution in [-0.2, 0) is 4.74 Å². The fourth-order valence-electron chi connectivity index (χ4n) is 2.45. The molecule has 0 radical (unpaired) electrons. The predicted octanol–water partition coefficient (Wildman–Crippen LogP) is 2.55. The molecule has 3 atom stereocenters. The Balaban J connectivity index is 1.64. The molecule has 0 aromatic rings. The Morgan fingerprint density at radius 2 is 2.13 bits per heavy atom. The second-order valence-corrected chi connectivity index (χ2v) is 5.54. The van der Waals surface area contributed by atoms with Crippen LogP contribution < -0.4 is 5.32 Å². The zero-order valence-corrected chi connectivity index (χ0v) is 10.3. The van der Waals surface area contributed by atoms with E-state index in [1.807, 2.05) is 7.11 Å². The number of hydrogen-bond donors (Lipinski definition) is 1. The normalized spacial score (nSPS) is 34.0. The molecule has 2 aliphatic rings. The minimum absolute atomic E-state index is 0.355. The van der Waals surface area contributed by atoms with E-state index in [-0.39, 0.29) is 0 Å².